The minimum absolute atomic E-state index is 0.338. The molecule has 1 heterocycles. The number of alkyl carbamates (subject to hydrolysis) is 1. The zero-order valence-electron chi connectivity index (χ0n) is 10.9. The van der Waals surface area contributed by atoms with Gasteiger partial charge in [-0.25, -0.2) is 4.79 Å². The minimum atomic E-state index is -0.461. The average molecular weight is 236 g/mol. The number of pyridine rings is 1. The highest BCUT2D eigenvalue weighted by molar-refractivity contribution is 5.68. The maximum Gasteiger partial charge on any atom is 0.407 e. The van der Waals surface area contributed by atoms with Crippen LogP contribution in [0.1, 0.15) is 33.3 Å². The van der Waals surface area contributed by atoms with Gasteiger partial charge in [-0.15, -0.1) is 0 Å². The van der Waals surface area contributed by atoms with Gasteiger partial charge in [0.1, 0.15) is 0 Å². The normalized spacial score (nSPS) is 11.4. The summed E-state index contributed by atoms with van der Waals surface area (Å²) in [5.41, 5.74) is 0.533. The quantitative estimate of drug-likeness (QED) is 0.874. The lowest BCUT2D eigenvalue weighted by Crippen LogP contribution is -2.41. The Balaban J connectivity index is 2.58. The van der Waals surface area contributed by atoms with Crippen molar-refractivity contribution in [3.8, 4) is 0 Å². The molecule has 1 N–H and O–H groups in total. The topological polar surface area (TPSA) is 51.2 Å². The molecule has 0 aliphatic rings. The summed E-state index contributed by atoms with van der Waals surface area (Å²) < 4.78 is 5.10. The second-order valence-electron chi connectivity index (χ2n) is 4.98. The number of ether oxygens (including phenoxy) is 1. The molecule has 0 aliphatic heterocycles. The van der Waals surface area contributed by atoms with Crippen LogP contribution < -0.4 is 5.32 Å². The van der Waals surface area contributed by atoms with E-state index in [1.54, 1.807) is 12.4 Å². The molecule has 0 saturated heterocycles. The molecule has 0 atom stereocenters. The van der Waals surface area contributed by atoms with E-state index in [4.69, 9.17) is 4.74 Å². The summed E-state index contributed by atoms with van der Waals surface area (Å²) in [5, 5.41) is 2.84. The summed E-state index contributed by atoms with van der Waals surface area (Å²) in [4.78, 5) is 15.5. The molecule has 0 spiro atoms. The van der Waals surface area contributed by atoms with Gasteiger partial charge < -0.3 is 10.1 Å². The van der Waals surface area contributed by atoms with Crippen molar-refractivity contribution in [2.75, 3.05) is 6.61 Å². The van der Waals surface area contributed by atoms with Crippen LogP contribution in [-0.2, 0) is 10.3 Å². The van der Waals surface area contributed by atoms with Gasteiger partial charge in [-0.05, 0) is 37.5 Å². The van der Waals surface area contributed by atoms with Crippen molar-refractivity contribution >= 4 is 6.09 Å². The first-order chi connectivity index (χ1) is 7.92. The fraction of sp³-hybridized carbons (Fsp3) is 0.538. The zero-order valence-corrected chi connectivity index (χ0v) is 10.9. The number of nitrogens with zero attached hydrogens (tertiary/aromatic N) is 1. The van der Waals surface area contributed by atoms with Gasteiger partial charge in [0.25, 0.3) is 0 Å². The number of hydrogen-bond acceptors (Lipinski definition) is 3. The summed E-state index contributed by atoms with van der Waals surface area (Å²) in [6.07, 6.45) is 3.02. The number of amides is 1. The number of hydrogen-bond donors (Lipinski definition) is 1. The molecule has 1 rings (SSSR count). The molecule has 1 aromatic rings. The number of aromatic nitrogens is 1. The van der Waals surface area contributed by atoms with Crippen LogP contribution in [-0.4, -0.2) is 17.7 Å². The van der Waals surface area contributed by atoms with Crippen LogP contribution in [0.15, 0.2) is 24.5 Å². The molecule has 4 nitrogen and oxygen atoms in total. The predicted molar refractivity (Wildman–Crippen MR) is 66.6 cm³/mol. The molecule has 0 aromatic carbocycles. The van der Waals surface area contributed by atoms with E-state index < -0.39 is 5.54 Å². The van der Waals surface area contributed by atoms with E-state index in [0.29, 0.717) is 12.5 Å². The molecule has 0 bridgehead atoms. The molecule has 0 radical (unpaired) electrons. The monoisotopic (exact) mass is 236 g/mol. The van der Waals surface area contributed by atoms with Crippen LogP contribution in [0, 0.1) is 5.92 Å². The number of carbonyl (C=O) groups is 1. The molecule has 4 heteroatoms. The summed E-state index contributed by atoms with van der Waals surface area (Å²) in [6, 6.07) is 3.76. The van der Waals surface area contributed by atoms with Gasteiger partial charge in [-0.3, -0.25) is 4.98 Å². The van der Waals surface area contributed by atoms with E-state index in [-0.39, 0.29) is 6.09 Å². The number of nitrogens with one attached hydrogen (secondary N) is 1. The standard InChI is InChI=1S/C13H20N2O2/c1-10(2)9-17-12(16)15-13(3,4)11-5-7-14-8-6-11/h5-8,10H,9H2,1-4H3,(H,15,16). The Kier molecular flexibility index (Phi) is 4.49. The first-order valence-electron chi connectivity index (χ1n) is 5.77. The molecule has 0 aliphatic carbocycles. The number of rotatable bonds is 4. The molecule has 94 valence electrons. The van der Waals surface area contributed by atoms with Crippen molar-refractivity contribution in [3.63, 3.8) is 0 Å². The third kappa shape index (κ3) is 4.43. The molecule has 0 saturated carbocycles. The van der Waals surface area contributed by atoms with Crippen LogP contribution in [0.3, 0.4) is 0 Å². The largest absolute Gasteiger partial charge is 0.449 e. The lowest BCUT2D eigenvalue weighted by Gasteiger charge is -2.26. The van der Waals surface area contributed by atoms with Crippen LogP contribution in [0.4, 0.5) is 4.79 Å². The molecule has 0 fully saturated rings. The number of carbonyl (C=O) groups excluding carboxylic acids is 1. The highest BCUT2D eigenvalue weighted by atomic mass is 16.5. The summed E-state index contributed by atoms with van der Waals surface area (Å²) in [5.74, 6) is 0.338. The Morgan fingerprint density at radius 3 is 2.53 bits per heavy atom. The lowest BCUT2D eigenvalue weighted by molar-refractivity contribution is 0.123. The SMILES string of the molecule is CC(C)COC(=O)NC(C)(C)c1ccncc1. The minimum Gasteiger partial charge on any atom is -0.449 e. The Labute approximate surface area is 102 Å². The van der Waals surface area contributed by atoms with Crippen LogP contribution in [0.2, 0.25) is 0 Å². The van der Waals surface area contributed by atoms with Crippen LogP contribution >= 0.6 is 0 Å². The Bertz CT molecular complexity index is 361. The first-order valence-corrected chi connectivity index (χ1v) is 5.77. The van der Waals surface area contributed by atoms with Gasteiger partial charge in [0.15, 0.2) is 0 Å². The van der Waals surface area contributed by atoms with Crippen molar-refractivity contribution in [3.05, 3.63) is 30.1 Å². The van der Waals surface area contributed by atoms with Crippen molar-refractivity contribution in [1.82, 2.24) is 10.3 Å². The highest BCUT2D eigenvalue weighted by Gasteiger charge is 2.23. The fourth-order valence-corrected chi connectivity index (χ4v) is 1.37. The second-order valence-corrected chi connectivity index (χ2v) is 4.98. The molecular weight excluding hydrogens is 216 g/mol. The molecule has 1 amide bonds. The average Bonchev–Trinajstić information content (AvgIpc) is 2.27. The van der Waals surface area contributed by atoms with Crippen molar-refractivity contribution in [1.29, 1.82) is 0 Å². The van der Waals surface area contributed by atoms with E-state index in [1.807, 2.05) is 39.8 Å². The van der Waals surface area contributed by atoms with E-state index in [1.165, 1.54) is 0 Å². The summed E-state index contributed by atoms with van der Waals surface area (Å²) in [7, 11) is 0. The van der Waals surface area contributed by atoms with Gasteiger partial charge in [-0.2, -0.15) is 0 Å². The lowest BCUT2D eigenvalue weighted by atomic mass is 9.96. The van der Waals surface area contributed by atoms with Gasteiger partial charge in [0, 0.05) is 12.4 Å². The van der Waals surface area contributed by atoms with Gasteiger partial charge in [0.05, 0.1) is 12.1 Å². The smallest absolute Gasteiger partial charge is 0.407 e. The second kappa shape index (κ2) is 5.66. The van der Waals surface area contributed by atoms with E-state index >= 15 is 0 Å². The molecule has 17 heavy (non-hydrogen) atoms. The molecule has 1 aromatic heterocycles. The van der Waals surface area contributed by atoms with Crippen molar-refractivity contribution in [2.45, 2.75) is 33.2 Å². The first kappa shape index (κ1) is 13.5. The maximum absolute atomic E-state index is 11.6. The van der Waals surface area contributed by atoms with Gasteiger partial charge in [-0.1, -0.05) is 13.8 Å². The predicted octanol–water partition coefficient (Wildman–Crippen LogP) is 2.70. The van der Waals surface area contributed by atoms with Crippen LogP contribution in [0.25, 0.3) is 0 Å². The summed E-state index contributed by atoms with van der Waals surface area (Å²) >= 11 is 0. The van der Waals surface area contributed by atoms with E-state index in [0.717, 1.165) is 5.56 Å². The Hall–Kier alpha value is -1.58. The zero-order chi connectivity index (χ0) is 12.9. The van der Waals surface area contributed by atoms with Gasteiger partial charge in [0.2, 0.25) is 0 Å². The third-order valence-electron chi connectivity index (χ3n) is 2.36. The van der Waals surface area contributed by atoms with E-state index in [9.17, 15) is 4.79 Å². The third-order valence-corrected chi connectivity index (χ3v) is 2.36. The van der Waals surface area contributed by atoms with Crippen molar-refractivity contribution in [2.24, 2.45) is 5.92 Å². The van der Waals surface area contributed by atoms with Gasteiger partial charge >= 0.3 is 6.09 Å². The molecular formula is C13H20N2O2. The Morgan fingerprint density at radius 2 is 2.00 bits per heavy atom. The van der Waals surface area contributed by atoms with E-state index in [2.05, 4.69) is 10.3 Å². The maximum atomic E-state index is 11.6. The summed E-state index contributed by atoms with van der Waals surface area (Å²) in [6.45, 7) is 8.29. The van der Waals surface area contributed by atoms with Crippen molar-refractivity contribution < 1.29 is 9.53 Å². The van der Waals surface area contributed by atoms with Crippen LogP contribution in [0.5, 0.6) is 0 Å². The fourth-order valence-electron chi connectivity index (χ4n) is 1.37. The molecule has 0 unspecified atom stereocenters. The Morgan fingerprint density at radius 1 is 1.41 bits per heavy atom. The highest BCUT2D eigenvalue weighted by Crippen LogP contribution is 2.18.